The maximum absolute atomic E-state index is 12.1. The molecule has 1 fully saturated rings. The summed E-state index contributed by atoms with van der Waals surface area (Å²) in [6.45, 7) is 3.57. The number of carbonyl (C=O) groups is 1. The van der Waals surface area contributed by atoms with Crippen molar-refractivity contribution in [3.05, 3.63) is 59.7 Å². The Balaban J connectivity index is 0.00000208. The molecular formula is C17H19AcN2O3P. The van der Waals surface area contributed by atoms with E-state index in [1.165, 1.54) is 6.92 Å². The summed E-state index contributed by atoms with van der Waals surface area (Å²) in [6.07, 6.45) is 0. The van der Waals surface area contributed by atoms with Crippen molar-refractivity contribution in [3.63, 3.8) is 0 Å². The molecule has 0 aliphatic carbocycles. The molecule has 3 atom stereocenters. The van der Waals surface area contributed by atoms with Gasteiger partial charge in [-0.1, -0.05) is 44.3 Å². The molecule has 0 saturated carbocycles. The fourth-order valence-electron chi connectivity index (χ4n) is 2.95. The molecule has 2 aromatic carbocycles. The standard InChI is InChI=1S/C17H19N2O3P.Ac/c1-11(20)19-17(13-8-4-6-10-15(13)22)23(2)16(18-19)12-7-3-5-9-14(12)21;/h3-10,16-18,21-22H,1-2H3;. The maximum atomic E-state index is 12.1. The summed E-state index contributed by atoms with van der Waals surface area (Å²) >= 11 is 0. The number of phenols is 2. The molecule has 1 amide bonds. The van der Waals surface area contributed by atoms with Gasteiger partial charge < -0.3 is 10.2 Å². The third-order valence-corrected chi connectivity index (χ3v) is 6.57. The Kier molecular flexibility index (Phi) is 6.67. The van der Waals surface area contributed by atoms with Gasteiger partial charge in [-0.15, -0.1) is 0 Å². The predicted molar refractivity (Wildman–Crippen MR) is 90.2 cm³/mol. The van der Waals surface area contributed by atoms with E-state index in [0.717, 1.165) is 11.1 Å². The molecule has 1 saturated heterocycles. The minimum absolute atomic E-state index is 0. The molecule has 2 aromatic rings. The fourth-order valence-corrected chi connectivity index (χ4v) is 5.45. The van der Waals surface area contributed by atoms with Crippen LogP contribution in [0.5, 0.6) is 11.5 Å². The van der Waals surface area contributed by atoms with E-state index in [4.69, 9.17) is 0 Å². The van der Waals surface area contributed by atoms with Crippen molar-refractivity contribution >= 4 is 13.8 Å². The Hall–Kier alpha value is -0.658. The monoisotopic (exact) mass is 557 g/mol. The minimum Gasteiger partial charge on any atom is -0.508 e. The van der Waals surface area contributed by atoms with Crippen molar-refractivity contribution < 1.29 is 59.1 Å². The van der Waals surface area contributed by atoms with Gasteiger partial charge in [0, 0.05) is 62.1 Å². The van der Waals surface area contributed by atoms with Crippen LogP contribution in [-0.4, -0.2) is 27.8 Å². The van der Waals surface area contributed by atoms with Crippen molar-refractivity contribution in [1.82, 2.24) is 10.4 Å². The van der Waals surface area contributed by atoms with Crippen molar-refractivity contribution in [2.45, 2.75) is 18.5 Å². The van der Waals surface area contributed by atoms with Gasteiger partial charge in [0.1, 0.15) is 11.5 Å². The summed E-state index contributed by atoms with van der Waals surface area (Å²) in [6, 6.07) is 14.2. The molecule has 1 aliphatic heterocycles. The Morgan fingerprint density at radius 3 is 2.04 bits per heavy atom. The van der Waals surface area contributed by atoms with E-state index < -0.39 is 7.92 Å². The van der Waals surface area contributed by atoms with E-state index in [0.29, 0.717) is 0 Å². The number of para-hydroxylation sites is 2. The number of rotatable bonds is 2. The average molecular weight is 557 g/mol. The van der Waals surface area contributed by atoms with E-state index in [-0.39, 0.29) is 73.0 Å². The summed E-state index contributed by atoms with van der Waals surface area (Å²) in [5, 5.41) is 21.9. The first-order valence-corrected chi connectivity index (χ1v) is 9.27. The molecule has 3 unspecified atom stereocenters. The zero-order valence-corrected chi connectivity index (χ0v) is 19.2. The Morgan fingerprint density at radius 1 is 1.04 bits per heavy atom. The summed E-state index contributed by atoms with van der Waals surface area (Å²) in [5.41, 5.74) is 4.71. The van der Waals surface area contributed by atoms with Gasteiger partial charge in [0.05, 0.1) is 11.6 Å². The predicted octanol–water partition coefficient (Wildman–Crippen LogP) is 3.27. The third-order valence-electron chi connectivity index (χ3n) is 4.08. The molecule has 0 bridgehead atoms. The normalized spacial score (nSPS) is 22.9. The van der Waals surface area contributed by atoms with Gasteiger partial charge in [-0.05, 0) is 18.8 Å². The average Bonchev–Trinajstić information content (AvgIpc) is 2.86. The molecule has 1 aliphatic rings. The molecule has 0 spiro atoms. The molecule has 7 heteroatoms. The van der Waals surface area contributed by atoms with Crippen LogP contribution in [0, 0.1) is 44.1 Å². The zero-order chi connectivity index (χ0) is 16.6. The molecule has 123 valence electrons. The van der Waals surface area contributed by atoms with Gasteiger partial charge in [0.25, 0.3) is 0 Å². The molecule has 1 heterocycles. The number of nitrogens with zero attached hydrogens (tertiary/aromatic N) is 1. The van der Waals surface area contributed by atoms with Crippen LogP contribution in [0.25, 0.3) is 0 Å². The number of phenolic OH excluding ortho intramolecular Hbond substituents is 2. The largest absolute Gasteiger partial charge is 0.508 e. The molecule has 24 heavy (non-hydrogen) atoms. The van der Waals surface area contributed by atoms with Crippen LogP contribution in [0.15, 0.2) is 48.5 Å². The van der Waals surface area contributed by atoms with Crippen LogP contribution in [0.3, 0.4) is 0 Å². The topological polar surface area (TPSA) is 72.8 Å². The molecular weight excluding hydrogens is 538 g/mol. The third kappa shape index (κ3) is 3.63. The van der Waals surface area contributed by atoms with Gasteiger partial charge in [-0.25, -0.2) is 5.43 Å². The van der Waals surface area contributed by atoms with Crippen molar-refractivity contribution in [1.29, 1.82) is 0 Å². The summed E-state index contributed by atoms with van der Waals surface area (Å²) in [7, 11) is -0.775. The van der Waals surface area contributed by atoms with Gasteiger partial charge in [0.2, 0.25) is 5.91 Å². The van der Waals surface area contributed by atoms with E-state index in [9.17, 15) is 15.0 Å². The van der Waals surface area contributed by atoms with E-state index in [1.54, 1.807) is 29.3 Å². The first-order valence-electron chi connectivity index (χ1n) is 7.34. The maximum Gasteiger partial charge on any atom is 0.234 e. The number of hydrogen-bond donors (Lipinski definition) is 3. The van der Waals surface area contributed by atoms with E-state index in [1.807, 2.05) is 24.3 Å². The Labute approximate surface area is 178 Å². The van der Waals surface area contributed by atoms with Gasteiger partial charge >= 0.3 is 0 Å². The first-order chi connectivity index (χ1) is 11.0. The van der Waals surface area contributed by atoms with Crippen molar-refractivity contribution in [2.24, 2.45) is 0 Å². The number of nitrogens with one attached hydrogen (secondary N) is 1. The number of amides is 1. The van der Waals surface area contributed by atoms with Crippen LogP contribution in [0.2, 0.25) is 0 Å². The van der Waals surface area contributed by atoms with Crippen LogP contribution in [0.4, 0.5) is 0 Å². The number of hydrazine groups is 1. The van der Waals surface area contributed by atoms with Crippen LogP contribution >= 0.6 is 7.92 Å². The molecule has 3 N–H and O–H groups in total. The Bertz CT molecular complexity index is 743. The SMILES string of the molecule is CC(=O)N1NC(c2ccccc2O)P(C)C1c1ccccc1O.[Ac]. The van der Waals surface area contributed by atoms with Crippen molar-refractivity contribution in [3.8, 4) is 11.5 Å². The van der Waals surface area contributed by atoms with Crippen LogP contribution in [-0.2, 0) is 4.79 Å². The van der Waals surface area contributed by atoms with Gasteiger partial charge in [0.15, 0.2) is 0 Å². The molecule has 0 aromatic heterocycles. The van der Waals surface area contributed by atoms with Gasteiger partial charge in [-0.2, -0.15) is 0 Å². The van der Waals surface area contributed by atoms with Crippen LogP contribution < -0.4 is 5.43 Å². The van der Waals surface area contributed by atoms with E-state index in [2.05, 4.69) is 12.1 Å². The number of aromatic hydroxyl groups is 2. The minimum atomic E-state index is -0.775. The van der Waals surface area contributed by atoms with E-state index >= 15 is 0 Å². The second kappa shape index (κ2) is 8.15. The number of carbonyl (C=O) groups excluding carboxylic acids is 1. The van der Waals surface area contributed by atoms with Crippen molar-refractivity contribution in [2.75, 3.05) is 6.66 Å². The summed E-state index contributed by atoms with van der Waals surface area (Å²) in [5.74, 6) is -0.128. The molecule has 5 nitrogen and oxygen atoms in total. The molecule has 3 rings (SSSR count). The number of hydrogen-bond acceptors (Lipinski definition) is 4. The van der Waals surface area contributed by atoms with Crippen LogP contribution in [0.1, 0.15) is 29.6 Å². The zero-order valence-electron chi connectivity index (χ0n) is 13.5. The fraction of sp³-hybridized carbons (Fsp3) is 0.235. The summed E-state index contributed by atoms with van der Waals surface area (Å²) in [4.78, 5) is 12.1. The smallest absolute Gasteiger partial charge is 0.234 e. The molecule has 1 radical (unpaired) electrons. The Morgan fingerprint density at radius 2 is 1.54 bits per heavy atom. The summed E-state index contributed by atoms with van der Waals surface area (Å²) < 4.78 is 0. The number of benzene rings is 2. The van der Waals surface area contributed by atoms with Gasteiger partial charge in [-0.3, -0.25) is 9.80 Å². The quantitative estimate of drug-likeness (QED) is 0.496. The second-order valence-electron chi connectivity index (χ2n) is 5.58. The first kappa shape index (κ1) is 19.7. The second-order valence-corrected chi connectivity index (χ2v) is 7.91.